The summed E-state index contributed by atoms with van der Waals surface area (Å²) in [6.07, 6.45) is 0. The zero-order valence-electron chi connectivity index (χ0n) is 11.2. The number of amides is 1. The van der Waals surface area contributed by atoms with Gasteiger partial charge < -0.3 is 4.90 Å². The monoisotopic (exact) mass is 281 g/mol. The summed E-state index contributed by atoms with van der Waals surface area (Å²) in [5, 5.41) is 19.3. The summed E-state index contributed by atoms with van der Waals surface area (Å²) in [6, 6.07) is 14.0. The van der Waals surface area contributed by atoms with Crippen molar-refractivity contribution in [2.24, 2.45) is 0 Å². The molecule has 0 bridgehead atoms. The van der Waals surface area contributed by atoms with Gasteiger partial charge in [-0.15, -0.1) is 0 Å². The summed E-state index contributed by atoms with van der Waals surface area (Å²) < 4.78 is 0. The summed E-state index contributed by atoms with van der Waals surface area (Å²) in [5.74, 6) is -0.283. The summed E-state index contributed by atoms with van der Waals surface area (Å²) in [6.45, 7) is 0. The zero-order valence-corrected chi connectivity index (χ0v) is 11.2. The van der Waals surface area contributed by atoms with Crippen LogP contribution in [0.1, 0.15) is 15.9 Å². The van der Waals surface area contributed by atoms with Crippen LogP contribution in [0.15, 0.2) is 48.5 Å². The maximum atomic E-state index is 12.3. The van der Waals surface area contributed by atoms with Gasteiger partial charge in [-0.05, 0) is 36.4 Å². The number of nitro benzene ring substituents is 1. The quantitative estimate of drug-likeness (QED) is 0.639. The number of carbonyl (C=O) groups is 1. The molecule has 2 rings (SSSR count). The lowest BCUT2D eigenvalue weighted by Crippen LogP contribution is -2.26. The molecular formula is C15H11N3O3. The molecule has 0 unspecified atom stereocenters. The van der Waals surface area contributed by atoms with Gasteiger partial charge >= 0.3 is 0 Å². The number of non-ortho nitro benzene ring substituents is 1. The maximum absolute atomic E-state index is 12.3. The van der Waals surface area contributed by atoms with Crippen LogP contribution in [0.3, 0.4) is 0 Å². The highest BCUT2D eigenvalue weighted by Gasteiger charge is 2.15. The second kappa shape index (κ2) is 5.84. The van der Waals surface area contributed by atoms with Gasteiger partial charge in [-0.1, -0.05) is 0 Å². The van der Waals surface area contributed by atoms with E-state index in [9.17, 15) is 14.9 Å². The average molecular weight is 281 g/mol. The van der Waals surface area contributed by atoms with Crippen LogP contribution in [0.25, 0.3) is 0 Å². The molecule has 2 aromatic carbocycles. The third-order valence-electron chi connectivity index (χ3n) is 3.01. The van der Waals surface area contributed by atoms with Crippen LogP contribution in [0.4, 0.5) is 11.4 Å². The number of anilines is 1. The van der Waals surface area contributed by atoms with E-state index in [1.807, 2.05) is 6.07 Å². The van der Waals surface area contributed by atoms with Crippen molar-refractivity contribution in [2.45, 2.75) is 0 Å². The first-order chi connectivity index (χ1) is 10.0. The standard InChI is InChI=1S/C15H11N3O3/c1-17(13-6-2-11(10-16)3-7-13)15(19)12-4-8-14(9-5-12)18(20)21/h2-9H,1H3. The van der Waals surface area contributed by atoms with Crippen molar-refractivity contribution >= 4 is 17.3 Å². The van der Waals surface area contributed by atoms with Crippen molar-refractivity contribution in [2.75, 3.05) is 11.9 Å². The SMILES string of the molecule is CN(C(=O)c1ccc([N+](=O)[O-])cc1)c1ccc(C#N)cc1. The topological polar surface area (TPSA) is 87.2 Å². The van der Waals surface area contributed by atoms with Gasteiger partial charge in [0, 0.05) is 30.4 Å². The van der Waals surface area contributed by atoms with E-state index < -0.39 is 4.92 Å². The first-order valence-corrected chi connectivity index (χ1v) is 6.05. The van der Waals surface area contributed by atoms with E-state index in [0.717, 1.165) is 0 Å². The van der Waals surface area contributed by atoms with Gasteiger partial charge in [0.05, 0.1) is 16.6 Å². The normalized spacial score (nSPS) is 9.71. The largest absolute Gasteiger partial charge is 0.311 e. The Morgan fingerprint density at radius 2 is 1.71 bits per heavy atom. The first kappa shape index (κ1) is 14.2. The van der Waals surface area contributed by atoms with Crippen molar-refractivity contribution in [3.05, 3.63) is 69.8 Å². The number of nitro groups is 1. The Bertz CT molecular complexity index is 715. The van der Waals surface area contributed by atoms with E-state index in [2.05, 4.69) is 0 Å². The predicted octanol–water partition coefficient (Wildman–Crippen LogP) is 2.74. The number of carbonyl (C=O) groups excluding carboxylic acids is 1. The molecule has 1 amide bonds. The highest BCUT2D eigenvalue weighted by Crippen LogP contribution is 2.18. The highest BCUT2D eigenvalue weighted by atomic mass is 16.6. The molecule has 0 radical (unpaired) electrons. The molecule has 21 heavy (non-hydrogen) atoms. The fourth-order valence-electron chi connectivity index (χ4n) is 1.80. The molecule has 6 heteroatoms. The Labute approximate surface area is 121 Å². The molecule has 0 aliphatic rings. The van der Waals surface area contributed by atoms with E-state index in [0.29, 0.717) is 16.8 Å². The Morgan fingerprint density at radius 3 is 2.19 bits per heavy atom. The molecule has 0 N–H and O–H groups in total. The highest BCUT2D eigenvalue weighted by molar-refractivity contribution is 6.05. The molecule has 0 aliphatic heterocycles. The van der Waals surface area contributed by atoms with E-state index in [1.54, 1.807) is 31.3 Å². The molecule has 104 valence electrons. The van der Waals surface area contributed by atoms with Gasteiger partial charge in [0.15, 0.2) is 0 Å². The molecule has 0 atom stereocenters. The average Bonchev–Trinajstić information content (AvgIpc) is 2.53. The van der Waals surface area contributed by atoms with Gasteiger partial charge in [0.2, 0.25) is 0 Å². The molecule has 6 nitrogen and oxygen atoms in total. The molecule has 0 aromatic heterocycles. The van der Waals surface area contributed by atoms with Gasteiger partial charge in [0.1, 0.15) is 0 Å². The molecule has 0 saturated carbocycles. The third-order valence-corrected chi connectivity index (χ3v) is 3.01. The number of benzene rings is 2. The minimum absolute atomic E-state index is 0.0624. The molecular weight excluding hydrogens is 270 g/mol. The van der Waals surface area contributed by atoms with E-state index in [4.69, 9.17) is 5.26 Å². The van der Waals surface area contributed by atoms with Gasteiger partial charge in [0.25, 0.3) is 11.6 Å². The van der Waals surface area contributed by atoms with Crippen LogP contribution >= 0.6 is 0 Å². The van der Waals surface area contributed by atoms with E-state index in [1.165, 1.54) is 29.2 Å². The summed E-state index contributed by atoms with van der Waals surface area (Å²) >= 11 is 0. The molecule has 0 heterocycles. The summed E-state index contributed by atoms with van der Waals surface area (Å²) in [5.41, 5.74) is 1.44. The van der Waals surface area contributed by atoms with Crippen LogP contribution in [0, 0.1) is 21.4 Å². The Balaban J connectivity index is 2.22. The van der Waals surface area contributed by atoms with Gasteiger partial charge in [-0.25, -0.2) is 0 Å². The lowest BCUT2D eigenvalue weighted by atomic mass is 10.1. The van der Waals surface area contributed by atoms with Gasteiger partial charge in [-0.3, -0.25) is 14.9 Å². The number of hydrogen-bond acceptors (Lipinski definition) is 4. The van der Waals surface area contributed by atoms with Crippen molar-refractivity contribution in [3.63, 3.8) is 0 Å². The van der Waals surface area contributed by atoms with Crippen LogP contribution < -0.4 is 4.90 Å². The molecule has 2 aromatic rings. The second-order valence-corrected chi connectivity index (χ2v) is 4.33. The minimum atomic E-state index is -0.515. The number of nitriles is 1. The maximum Gasteiger partial charge on any atom is 0.269 e. The smallest absolute Gasteiger partial charge is 0.269 e. The Kier molecular flexibility index (Phi) is 3.95. The van der Waals surface area contributed by atoms with Gasteiger partial charge in [-0.2, -0.15) is 5.26 Å². The number of hydrogen-bond donors (Lipinski definition) is 0. The van der Waals surface area contributed by atoms with E-state index in [-0.39, 0.29) is 11.6 Å². The van der Waals surface area contributed by atoms with Crippen molar-refractivity contribution in [1.82, 2.24) is 0 Å². The van der Waals surface area contributed by atoms with Crippen LogP contribution in [-0.4, -0.2) is 17.9 Å². The second-order valence-electron chi connectivity index (χ2n) is 4.33. The van der Waals surface area contributed by atoms with E-state index >= 15 is 0 Å². The van der Waals surface area contributed by atoms with Crippen molar-refractivity contribution < 1.29 is 9.72 Å². The number of nitrogens with zero attached hydrogens (tertiary/aromatic N) is 3. The lowest BCUT2D eigenvalue weighted by molar-refractivity contribution is -0.384. The number of rotatable bonds is 3. The summed E-state index contributed by atoms with van der Waals surface area (Å²) in [7, 11) is 1.60. The van der Waals surface area contributed by atoms with Crippen LogP contribution in [0.5, 0.6) is 0 Å². The van der Waals surface area contributed by atoms with Crippen molar-refractivity contribution in [3.8, 4) is 6.07 Å². The fraction of sp³-hybridized carbons (Fsp3) is 0.0667. The molecule has 0 fully saturated rings. The minimum Gasteiger partial charge on any atom is -0.311 e. The fourth-order valence-corrected chi connectivity index (χ4v) is 1.80. The lowest BCUT2D eigenvalue weighted by Gasteiger charge is -2.17. The first-order valence-electron chi connectivity index (χ1n) is 6.05. The third kappa shape index (κ3) is 3.04. The van der Waals surface area contributed by atoms with Crippen LogP contribution in [0.2, 0.25) is 0 Å². The Hall–Kier alpha value is -3.20. The molecule has 0 saturated heterocycles. The molecule has 0 aliphatic carbocycles. The summed E-state index contributed by atoms with van der Waals surface area (Å²) in [4.78, 5) is 23.8. The van der Waals surface area contributed by atoms with Crippen molar-refractivity contribution in [1.29, 1.82) is 5.26 Å². The Morgan fingerprint density at radius 1 is 1.14 bits per heavy atom. The zero-order chi connectivity index (χ0) is 15.4. The molecule has 0 spiro atoms. The van der Waals surface area contributed by atoms with Crippen LogP contribution in [-0.2, 0) is 0 Å². The predicted molar refractivity (Wildman–Crippen MR) is 77.0 cm³/mol.